The zero-order chi connectivity index (χ0) is 17.2. The summed E-state index contributed by atoms with van der Waals surface area (Å²) in [5, 5.41) is 11.0. The Kier molecular flexibility index (Phi) is 6.21. The summed E-state index contributed by atoms with van der Waals surface area (Å²) in [4.78, 5) is 27.0. The molecule has 2 saturated heterocycles. The Hall–Kier alpha value is -1.90. The highest BCUT2D eigenvalue weighted by molar-refractivity contribution is 5.85. The molecular formula is C16H22ClN3O5. The molecule has 2 aliphatic rings. The van der Waals surface area contributed by atoms with Gasteiger partial charge < -0.3 is 19.3 Å². The molecule has 25 heavy (non-hydrogen) atoms. The second-order valence-corrected chi connectivity index (χ2v) is 6.16. The lowest BCUT2D eigenvalue weighted by Gasteiger charge is -2.42. The maximum Gasteiger partial charge on any atom is 0.310 e. The van der Waals surface area contributed by atoms with Crippen LogP contribution in [0, 0.1) is 10.1 Å². The van der Waals surface area contributed by atoms with Gasteiger partial charge in [0.25, 0.3) is 5.91 Å². The average molecular weight is 372 g/mol. The van der Waals surface area contributed by atoms with E-state index < -0.39 is 10.6 Å². The standard InChI is InChI=1S/C16H21N3O5.ClH/c1-17-8-6-16(7-9-17)18(10-11-24-16)15(20)12-23-14-5-3-2-4-13(14)19(21)22;/h2-5H,6-12H2,1H3;1H. The lowest BCUT2D eigenvalue weighted by Crippen LogP contribution is -2.55. The van der Waals surface area contributed by atoms with Crippen molar-refractivity contribution in [3.63, 3.8) is 0 Å². The van der Waals surface area contributed by atoms with Gasteiger partial charge in [0.05, 0.1) is 11.5 Å². The predicted molar refractivity (Wildman–Crippen MR) is 93.0 cm³/mol. The lowest BCUT2D eigenvalue weighted by atomic mass is 9.99. The number of ether oxygens (including phenoxy) is 2. The van der Waals surface area contributed by atoms with Crippen molar-refractivity contribution in [2.75, 3.05) is 39.9 Å². The Bertz CT molecular complexity index is 634. The zero-order valence-electron chi connectivity index (χ0n) is 14.1. The second-order valence-electron chi connectivity index (χ2n) is 6.16. The maximum absolute atomic E-state index is 12.6. The average Bonchev–Trinajstić information content (AvgIpc) is 2.99. The monoisotopic (exact) mass is 371 g/mol. The minimum Gasteiger partial charge on any atom is -0.477 e. The van der Waals surface area contributed by atoms with Gasteiger partial charge in [-0.1, -0.05) is 12.1 Å². The highest BCUT2D eigenvalue weighted by Crippen LogP contribution is 2.34. The first kappa shape index (κ1) is 19.4. The van der Waals surface area contributed by atoms with Crippen LogP contribution in [0.1, 0.15) is 12.8 Å². The maximum atomic E-state index is 12.6. The van der Waals surface area contributed by atoms with E-state index >= 15 is 0 Å². The Balaban J connectivity index is 0.00000225. The number of amides is 1. The van der Waals surface area contributed by atoms with Crippen LogP contribution in [-0.4, -0.2) is 66.3 Å². The van der Waals surface area contributed by atoms with E-state index in [0.29, 0.717) is 13.2 Å². The molecule has 2 heterocycles. The Labute approximate surface area is 152 Å². The van der Waals surface area contributed by atoms with Gasteiger partial charge in [-0.05, 0) is 13.1 Å². The van der Waals surface area contributed by atoms with Crippen LogP contribution in [0.4, 0.5) is 5.69 Å². The van der Waals surface area contributed by atoms with Crippen molar-refractivity contribution in [1.29, 1.82) is 0 Å². The van der Waals surface area contributed by atoms with Gasteiger partial charge in [0.15, 0.2) is 12.4 Å². The molecule has 9 heteroatoms. The summed E-state index contributed by atoms with van der Waals surface area (Å²) < 4.78 is 11.3. The van der Waals surface area contributed by atoms with E-state index in [9.17, 15) is 14.9 Å². The predicted octanol–water partition coefficient (Wildman–Crippen LogP) is 1.68. The third kappa shape index (κ3) is 4.02. The van der Waals surface area contributed by atoms with Crippen molar-refractivity contribution in [2.45, 2.75) is 18.6 Å². The van der Waals surface area contributed by atoms with Gasteiger partial charge in [-0.15, -0.1) is 12.4 Å². The molecule has 0 saturated carbocycles. The minimum absolute atomic E-state index is 0. The smallest absolute Gasteiger partial charge is 0.310 e. The first-order chi connectivity index (χ1) is 11.5. The number of benzene rings is 1. The number of nitrogens with zero attached hydrogens (tertiary/aromatic N) is 3. The van der Waals surface area contributed by atoms with E-state index in [2.05, 4.69) is 4.90 Å². The molecule has 1 spiro atoms. The van der Waals surface area contributed by atoms with Gasteiger partial charge in [-0.2, -0.15) is 0 Å². The SMILES string of the molecule is CN1CCC2(CC1)OCCN2C(=O)COc1ccccc1[N+](=O)[O-].Cl. The lowest BCUT2D eigenvalue weighted by molar-refractivity contribution is -0.385. The number of carbonyl (C=O) groups is 1. The van der Waals surface area contributed by atoms with Crippen LogP contribution in [0.5, 0.6) is 5.75 Å². The molecule has 0 radical (unpaired) electrons. The van der Waals surface area contributed by atoms with Gasteiger partial charge in [0.2, 0.25) is 0 Å². The summed E-state index contributed by atoms with van der Waals surface area (Å²) in [5.74, 6) is -0.0939. The van der Waals surface area contributed by atoms with Crippen molar-refractivity contribution >= 4 is 24.0 Å². The normalized spacial score (nSPS) is 19.5. The Morgan fingerprint density at radius 1 is 1.32 bits per heavy atom. The van der Waals surface area contributed by atoms with Gasteiger partial charge in [0, 0.05) is 38.5 Å². The summed E-state index contributed by atoms with van der Waals surface area (Å²) in [6.45, 7) is 2.55. The Morgan fingerprint density at radius 2 is 2.00 bits per heavy atom. The minimum atomic E-state index is -0.546. The van der Waals surface area contributed by atoms with Crippen LogP contribution >= 0.6 is 12.4 Å². The van der Waals surface area contributed by atoms with Crippen molar-refractivity contribution in [3.05, 3.63) is 34.4 Å². The number of hydrogen-bond donors (Lipinski definition) is 0. The van der Waals surface area contributed by atoms with Crippen LogP contribution in [0.2, 0.25) is 0 Å². The summed E-state index contributed by atoms with van der Waals surface area (Å²) in [5.41, 5.74) is -0.688. The molecule has 1 amide bonds. The van der Waals surface area contributed by atoms with Gasteiger partial charge in [0.1, 0.15) is 5.72 Å². The van der Waals surface area contributed by atoms with Crippen LogP contribution in [0.3, 0.4) is 0 Å². The fraction of sp³-hybridized carbons (Fsp3) is 0.562. The number of rotatable bonds is 4. The van der Waals surface area contributed by atoms with Crippen molar-refractivity contribution in [2.24, 2.45) is 0 Å². The molecule has 0 atom stereocenters. The number of likely N-dealkylation sites (tertiary alicyclic amines) is 1. The van der Waals surface area contributed by atoms with Crippen molar-refractivity contribution in [3.8, 4) is 5.75 Å². The molecule has 1 aromatic rings. The number of carbonyl (C=O) groups excluding carboxylic acids is 1. The first-order valence-electron chi connectivity index (χ1n) is 8.01. The van der Waals surface area contributed by atoms with Crippen molar-refractivity contribution < 1.29 is 19.2 Å². The van der Waals surface area contributed by atoms with E-state index in [1.165, 1.54) is 12.1 Å². The van der Waals surface area contributed by atoms with E-state index in [0.717, 1.165) is 25.9 Å². The molecule has 2 aliphatic heterocycles. The Morgan fingerprint density at radius 3 is 2.68 bits per heavy atom. The number of hydrogen-bond acceptors (Lipinski definition) is 6. The van der Waals surface area contributed by atoms with Crippen LogP contribution in [0.25, 0.3) is 0 Å². The van der Waals surface area contributed by atoms with Crippen molar-refractivity contribution in [1.82, 2.24) is 9.80 Å². The molecule has 0 aliphatic carbocycles. The molecule has 0 aromatic heterocycles. The van der Waals surface area contributed by atoms with Crippen LogP contribution in [0.15, 0.2) is 24.3 Å². The van der Waals surface area contributed by atoms with E-state index in [1.807, 2.05) is 7.05 Å². The van der Waals surface area contributed by atoms with Gasteiger partial charge in [-0.25, -0.2) is 0 Å². The molecule has 8 nitrogen and oxygen atoms in total. The van der Waals surface area contributed by atoms with E-state index in [4.69, 9.17) is 9.47 Å². The fourth-order valence-electron chi connectivity index (χ4n) is 3.29. The number of halogens is 1. The largest absolute Gasteiger partial charge is 0.477 e. The molecular weight excluding hydrogens is 350 g/mol. The summed E-state index contributed by atoms with van der Waals surface area (Å²) >= 11 is 0. The molecule has 2 fully saturated rings. The number of para-hydroxylation sites is 2. The quantitative estimate of drug-likeness (QED) is 0.591. The number of nitro benzene ring substituents is 1. The number of piperidine rings is 1. The highest BCUT2D eigenvalue weighted by Gasteiger charge is 2.46. The van der Waals surface area contributed by atoms with E-state index in [1.54, 1.807) is 17.0 Å². The summed E-state index contributed by atoms with van der Waals surface area (Å²) in [6, 6.07) is 6.06. The van der Waals surface area contributed by atoms with Gasteiger partial charge in [-0.3, -0.25) is 14.9 Å². The summed E-state index contributed by atoms with van der Waals surface area (Å²) in [6.07, 6.45) is 1.53. The summed E-state index contributed by atoms with van der Waals surface area (Å²) in [7, 11) is 2.05. The topological polar surface area (TPSA) is 85.2 Å². The third-order valence-corrected chi connectivity index (χ3v) is 4.66. The highest BCUT2D eigenvalue weighted by atomic mass is 35.5. The third-order valence-electron chi connectivity index (χ3n) is 4.66. The molecule has 0 bridgehead atoms. The second kappa shape index (κ2) is 7.99. The molecule has 0 N–H and O–H groups in total. The zero-order valence-corrected chi connectivity index (χ0v) is 14.9. The molecule has 1 aromatic carbocycles. The van der Waals surface area contributed by atoms with E-state index in [-0.39, 0.29) is 36.4 Å². The number of nitro groups is 1. The molecule has 0 unspecified atom stereocenters. The van der Waals surface area contributed by atoms with Crippen LogP contribution < -0.4 is 4.74 Å². The molecule has 138 valence electrons. The fourth-order valence-corrected chi connectivity index (χ4v) is 3.29. The van der Waals surface area contributed by atoms with Gasteiger partial charge >= 0.3 is 5.69 Å². The molecule has 3 rings (SSSR count). The first-order valence-corrected chi connectivity index (χ1v) is 8.01. The van der Waals surface area contributed by atoms with Crippen LogP contribution in [-0.2, 0) is 9.53 Å².